The molecule has 0 aliphatic carbocycles. The van der Waals surface area contributed by atoms with Gasteiger partial charge in [0.1, 0.15) is 6.26 Å². The van der Waals surface area contributed by atoms with E-state index in [0.717, 1.165) is 30.2 Å². The summed E-state index contributed by atoms with van der Waals surface area (Å²) >= 11 is 0. The number of hydrogen-bond donors (Lipinski definition) is 2. The third kappa shape index (κ3) is 6.51. The Hall–Kier alpha value is -1.57. The fourth-order valence-electron chi connectivity index (χ4n) is 2.09. The van der Waals surface area contributed by atoms with E-state index in [4.69, 9.17) is 4.42 Å². The Labute approximate surface area is 161 Å². The van der Waals surface area contributed by atoms with Crippen LogP contribution in [0.4, 0.5) is 0 Å². The molecule has 0 radical (unpaired) electrons. The first kappa shape index (κ1) is 20.5. The van der Waals surface area contributed by atoms with Gasteiger partial charge < -0.3 is 15.1 Å². The van der Waals surface area contributed by atoms with Crippen molar-refractivity contribution >= 4 is 29.9 Å². The Balaban J connectivity index is 0.00000288. The molecule has 132 valence electrons. The van der Waals surface area contributed by atoms with Crippen molar-refractivity contribution in [1.29, 1.82) is 0 Å². The van der Waals surface area contributed by atoms with Crippen LogP contribution >= 0.6 is 24.0 Å². The fourth-order valence-corrected chi connectivity index (χ4v) is 2.09. The standard InChI is InChI=1S/C18H26N4O.HI/c1-13(2)9-10-20-18(19-4)21-11-16-12-23-17(22-16)15-7-5-14(3)6-8-15;/h5-8,12-13H,9-11H2,1-4H3,(H2,19,20,21);1H. The minimum Gasteiger partial charge on any atom is -0.444 e. The highest BCUT2D eigenvalue weighted by molar-refractivity contribution is 14.0. The van der Waals surface area contributed by atoms with Crippen LogP contribution in [-0.4, -0.2) is 24.5 Å². The van der Waals surface area contributed by atoms with E-state index in [2.05, 4.69) is 53.5 Å². The first-order valence-corrected chi connectivity index (χ1v) is 8.04. The van der Waals surface area contributed by atoms with E-state index in [-0.39, 0.29) is 24.0 Å². The van der Waals surface area contributed by atoms with Gasteiger partial charge in [-0.1, -0.05) is 31.5 Å². The van der Waals surface area contributed by atoms with Gasteiger partial charge in [0.25, 0.3) is 0 Å². The van der Waals surface area contributed by atoms with Gasteiger partial charge in [0.2, 0.25) is 5.89 Å². The molecular weight excluding hydrogens is 415 g/mol. The molecule has 0 amide bonds. The second-order valence-electron chi connectivity index (χ2n) is 6.05. The largest absolute Gasteiger partial charge is 0.444 e. The van der Waals surface area contributed by atoms with Crippen LogP contribution in [-0.2, 0) is 6.54 Å². The molecule has 0 saturated heterocycles. The van der Waals surface area contributed by atoms with Crippen LogP contribution in [0.1, 0.15) is 31.5 Å². The molecule has 0 unspecified atom stereocenters. The molecule has 24 heavy (non-hydrogen) atoms. The van der Waals surface area contributed by atoms with Gasteiger partial charge in [-0.15, -0.1) is 24.0 Å². The lowest BCUT2D eigenvalue weighted by Gasteiger charge is -2.11. The summed E-state index contributed by atoms with van der Waals surface area (Å²) in [6.07, 6.45) is 2.80. The number of oxazole rings is 1. The van der Waals surface area contributed by atoms with Gasteiger partial charge in [-0.05, 0) is 31.4 Å². The van der Waals surface area contributed by atoms with Gasteiger partial charge in [-0.25, -0.2) is 4.98 Å². The summed E-state index contributed by atoms with van der Waals surface area (Å²) in [6, 6.07) is 8.14. The third-order valence-electron chi connectivity index (χ3n) is 3.52. The molecule has 0 saturated carbocycles. The van der Waals surface area contributed by atoms with Crippen molar-refractivity contribution in [1.82, 2.24) is 15.6 Å². The molecule has 5 nitrogen and oxygen atoms in total. The van der Waals surface area contributed by atoms with Crippen LogP contribution in [0.3, 0.4) is 0 Å². The molecule has 0 aliphatic rings. The maximum atomic E-state index is 5.56. The topological polar surface area (TPSA) is 62.5 Å². The lowest BCUT2D eigenvalue weighted by atomic mass is 10.1. The molecule has 6 heteroatoms. The van der Waals surface area contributed by atoms with E-state index in [0.29, 0.717) is 18.4 Å². The number of guanidine groups is 1. The predicted octanol–water partition coefficient (Wildman–Crippen LogP) is 3.98. The van der Waals surface area contributed by atoms with E-state index >= 15 is 0 Å². The minimum absolute atomic E-state index is 0. The van der Waals surface area contributed by atoms with Crippen LogP contribution in [0, 0.1) is 12.8 Å². The lowest BCUT2D eigenvalue weighted by Crippen LogP contribution is -2.37. The van der Waals surface area contributed by atoms with E-state index in [1.165, 1.54) is 5.56 Å². The first-order valence-electron chi connectivity index (χ1n) is 8.04. The summed E-state index contributed by atoms with van der Waals surface area (Å²) in [6.45, 7) is 7.97. The SMILES string of the molecule is CN=C(NCCC(C)C)NCc1coc(-c2ccc(C)cc2)n1.I. The highest BCUT2D eigenvalue weighted by Crippen LogP contribution is 2.18. The average molecular weight is 442 g/mol. The maximum absolute atomic E-state index is 5.56. The fraction of sp³-hybridized carbons (Fsp3) is 0.444. The summed E-state index contributed by atoms with van der Waals surface area (Å²) in [5.74, 6) is 2.10. The van der Waals surface area contributed by atoms with Crippen molar-refractivity contribution in [3.8, 4) is 11.5 Å². The van der Waals surface area contributed by atoms with E-state index < -0.39 is 0 Å². The number of hydrogen-bond acceptors (Lipinski definition) is 3. The number of nitrogens with zero attached hydrogens (tertiary/aromatic N) is 2. The number of nitrogens with one attached hydrogen (secondary N) is 2. The van der Waals surface area contributed by atoms with E-state index in [1.807, 2.05) is 12.1 Å². The van der Waals surface area contributed by atoms with Crippen molar-refractivity contribution in [2.24, 2.45) is 10.9 Å². The van der Waals surface area contributed by atoms with Crippen LogP contribution in [0.2, 0.25) is 0 Å². The zero-order chi connectivity index (χ0) is 16.7. The number of aryl methyl sites for hydroxylation is 1. The highest BCUT2D eigenvalue weighted by Gasteiger charge is 2.07. The molecule has 0 bridgehead atoms. The molecule has 2 N–H and O–H groups in total. The van der Waals surface area contributed by atoms with Gasteiger partial charge in [0.05, 0.1) is 12.2 Å². The molecule has 0 atom stereocenters. The van der Waals surface area contributed by atoms with Crippen molar-refractivity contribution in [3.05, 3.63) is 41.8 Å². The van der Waals surface area contributed by atoms with E-state index in [9.17, 15) is 0 Å². The van der Waals surface area contributed by atoms with Crippen LogP contribution in [0.15, 0.2) is 39.9 Å². The Morgan fingerprint density at radius 1 is 1.21 bits per heavy atom. The van der Waals surface area contributed by atoms with Crippen molar-refractivity contribution in [2.45, 2.75) is 33.7 Å². The molecule has 0 aliphatic heterocycles. The van der Waals surface area contributed by atoms with Crippen molar-refractivity contribution in [2.75, 3.05) is 13.6 Å². The first-order chi connectivity index (χ1) is 11.1. The number of halogens is 1. The van der Waals surface area contributed by atoms with Gasteiger partial charge in [-0.2, -0.15) is 0 Å². The Morgan fingerprint density at radius 2 is 1.92 bits per heavy atom. The summed E-state index contributed by atoms with van der Waals surface area (Å²) in [7, 11) is 1.77. The molecule has 2 aromatic rings. The Morgan fingerprint density at radius 3 is 2.54 bits per heavy atom. The number of benzene rings is 1. The van der Waals surface area contributed by atoms with Gasteiger partial charge in [-0.3, -0.25) is 4.99 Å². The monoisotopic (exact) mass is 442 g/mol. The zero-order valence-electron chi connectivity index (χ0n) is 14.8. The Bertz CT molecular complexity index is 635. The van der Waals surface area contributed by atoms with Crippen molar-refractivity contribution < 1.29 is 4.42 Å². The maximum Gasteiger partial charge on any atom is 0.226 e. The summed E-state index contributed by atoms with van der Waals surface area (Å²) in [5.41, 5.74) is 3.06. The van der Waals surface area contributed by atoms with E-state index in [1.54, 1.807) is 13.3 Å². The molecule has 0 fully saturated rings. The number of aliphatic imine (C=N–C) groups is 1. The average Bonchev–Trinajstić information content (AvgIpc) is 3.00. The minimum atomic E-state index is 0. The quantitative estimate of drug-likeness (QED) is 0.404. The lowest BCUT2D eigenvalue weighted by molar-refractivity contribution is 0.570. The van der Waals surface area contributed by atoms with Gasteiger partial charge in [0.15, 0.2) is 5.96 Å². The number of rotatable bonds is 6. The predicted molar refractivity (Wildman–Crippen MR) is 110 cm³/mol. The van der Waals surface area contributed by atoms with Gasteiger partial charge in [0, 0.05) is 19.2 Å². The normalized spacial score (nSPS) is 11.3. The Kier molecular flexibility index (Phi) is 8.81. The molecule has 0 spiro atoms. The molecule has 1 heterocycles. The second kappa shape index (κ2) is 10.3. The summed E-state index contributed by atoms with van der Waals surface area (Å²) in [4.78, 5) is 8.72. The zero-order valence-corrected chi connectivity index (χ0v) is 17.1. The second-order valence-corrected chi connectivity index (χ2v) is 6.05. The van der Waals surface area contributed by atoms with Gasteiger partial charge >= 0.3 is 0 Å². The molecule has 1 aromatic heterocycles. The van der Waals surface area contributed by atoms with Crippen molar-refractivity contribution in [3.63, 3.8) is 0 Å². The van der Waals surface area contributed by atoms with Crippen LogP contribution in [0.5, 0.6) is 0 Å². The summed E-state index contributed by atoms with van der Waals surface area (Å²) in [5, 5.41) is 6.55. The summed E-state index contributed by atoms with van der Waals surface area (Å²) < 4.78 is 5.56. The third-order valence-corrected chi connectivity index (χ3v) is 3.52. The van der Waals surface area contributed by atoms with Crippen LogP contribution in [0.25, 0.3) is 11.5 Å². The molecule has 2 rings (SSSR count). The van der Waals surface area contributed by atoms with Crippen LogP contribution < -0.4 is 10.6 Å². The number of aromatic nitrogens is 1. The molecular formula is C18H27IN4O. The molecule has 1 aromatic carbocycles. The smallest absolute Gasteiger partial charge is 0.226 e. The highest BCUT2D eigenvalue weighted by atomic mass is 127.